The molecule has 1 heterocycles. The average molecular weight is 139 g/mol. The number of allylic oxidation sites excluding steroid dienone is 3. The summed E-state index contributed by atoms with van der Waals surface area (Å²) in [6.45, 7) is 7.92. The van der Waals surface area contributed by atoms with Crippen molar-refractivity contribution in [1.82, 2.24) is 5.32 Å². The first-order valence-electron chi connectivity index (χ1n) is 3.86. The minimum atomic E-state index is 1.25. The van der Waals surface area contributed by atoms with Gasteiger partial charge in [0, 0.05) is 0 Å². The predicted octanol–water partition coefficient (Wildman–Crippen LogP) is 2.12. The second-order valence-electron chi connectivity index (χ2n) is 2.22. The number of rotatable bonds is 1. The molecule has 1 saturated heterocycles. The lowest BCUT2D eigenvalue weighted by atomic mass is 10.4. The normalized spacial score (nSPS) is 16.5. The lowest BCUT2D eigenvalue weighted by Gasteiger charge is -1.76. The average Bonchev–Trinajstić information content (AvgIpc) is 2.44. The zero-order valence-corrected chi connectivity index (χ0v) is 6.77. The quantitative estimate of drug-likeness (QED) is 0.549. The van der Waals surface area contributed by atoms with E-state index in [0.717, 1.165) is 0 Å². The standard InChI is InChI=1S/C5H8.C4H9N/c1-3-5-4-2;1-2-4-5-3-1/h3-5H,1H2,2H3;5H,1-4H2/b5-4-;. The van der Waals surface area contributed by atoms with Crippen molar-refractivity contribution in [3.8, 4) is 0 Å². The van der Waals surface area contributed by atoms with Gasteiger partial charge in [0.2, 0.25) is 0 Å². The van der Waals surface area contributed by atoms with Crippen LogP contribution < -0.4 is 5.32 Å². The first-order chi connectivity index (χ1) is 4.91. The SMILES string of the molecule is C1CCNC1.C=C/C=C\C. The summed E-state index contributed by atoms with van der Waals surface area (Å²) >= 11 is 0. The smallest absolute Gasteiger partial charge is 0.00484 e. The van der Waals surface area contributed by atoms with Crippen LogP contribution in [0.4, 0.5) is 0 Å². The minimum absolute atomic E-state index is 1.25. The van der Waals surface area contributed by atoms with Gasteiger partial charge >= 0.3 is 0 Å². The van der Waals surface area contributed by atoms with Crippen LogP contribution in [0.15, 0.2) is 24.8 Å². The molecule has 58 valence electrons. The van der Waals surface area contributed by atoms with E-state index in [9.17, 15) is 0 Å². The molecule has 1 nitrogen and oxygen atoms in total. The van der Waals surface area contributed by atoms with Crippen LogP contribution in [0.2, 0.25) is 0 Å². The van der Waals surface area contributed by atoms with Crippen LogP contribution >= 0.6 is 0 Å². The maximum absolute atomic E-state index is 3.46. The van der Waals surface area contributed by atoms with Crippen molar-refractivity contribution in [2.75, 3.05) is 13.1 Å². The molecule has 1 rings (SSSR count). The molecule has 10 heavy (non-hydrogen) atoms. The summed E-state index contributed by atoms with van der Waals surface area (Å²) in [6, 6.07) is 0. The highest BCUT2D eigenvalue weighted by atomic mass is 14.9. The van der Waals surface area contributed by atoms with Gasteiger partial charge in [-0.2, -0.15) is 0 Å². The van der Waals surface area contributed by atoms with E-state index in [1.807, 2.05) is 19.1 Å². The van der Waals surface area contributed by atoms with Gasteiger partial charge in [-0.05, 0) is 32.9 Å². The van der Waals surface area contributed by atoms with E-state index in [2.05, 4.69) is 11.9 Å². The van der Waals surface area contributed by atoms with E-state index in [1.165, 1.54) is 25.9 Å². The fourth-order valence-electron chi connectivity index (χ4n) is 0.761. The lowest BCUT2D eigenvalue weighted by molar-refractivity contribution is 0.857. The van der Waals surface area contributed by atoms with Crippen molar-refractivity contribution in [2.45, 2.75) is 19.8 Å². The fraction of sp³-hybridized carbons (Fsp3) is 0.556. The molecule has 1 heteroatoms. The lowest BCUT2D eigenvalue weighted by Crippen LogP contribution is -2.03. The van der Waals surface area contributed by atoms with Crippen molar-refractivity contribution in [3.05, 3.63) is 24.8 Å². The molecule has 1 fully saturated rings. The van der Waals surface area contributed by atoms with Gasteiger partial charge in [0.1, 0.15) is 0 Å². The highest BCUT2D eigenvalue weighted by molar-refractivity contribution is 4.94. The molecule has 0 saturated carbocycles. The van der Waals surface area contributed by atoms with E-state index >= 15 is 0 Å². The first kappa shape index (κ1) is 9.44. The van der Waals surface area contributed by atoms with Gasteiger partial charge in [0.15, 0.2) is 0 Å². The fourth-order valence-corrected chi connectivity index (χ4v) is 0.761. The monoisotopic (exact) mass is 139 g/mol. The van der Waals surface area contributed by atoms with E-state index in [0.29, 0.717) is 0 Å². The molecular formula is C9H17N. The van der Waals surface area contributed by atoms with Gasteiger partial charge in [-0.1, -0.05) is 24.8 Å². The van der Waals surface area contributed by atoms with E-state index in [4.69, 9.17) is 0 Å². The van der Waals surface area contributed by atoms with Crippen LogP contribution in [0.1, 0.15) is 19.8 Å². The minimum Gasteiger partial charge on any atom is -0.317 e. The Labute approximate surface area is 63.8 Å². The molecule has 0 atom stereocenters. The van der Waals surface area contributed by atoms with Gasteiger partial charge in [-0.25, -0.2) is 0 Å². The van der Waals surface area contributed by atoms with Crippen LogP contribution in [0.5, 0.6) is 0 Å². The molecule has 1 N–H and O–H groups in total. The van der Waals surface area contributed by atoms with Crippen LogP contribution in [0, 0.1) is 0 Å². The summed E-state index contributed by atoms with van der Waals surface area (Å²) in [5.41, 5.74) is 0. The van der Waals surface area contributed by atoms with Crippen molar-refractivity contribution >= 4 is 0 Å². The first-order valence-corrected chi connectivity index (χ1v) is 3.86. The Balaban J connectivity index is 0.000000162. The zero-order chi connectivity index (χ0) is 7.66. The third-order valence-electron chi connectivity index (χ3n) is 1.29. The third kappa shape index (κ3) is 7.44. The van der Waals surface area contributed by atoms with Crippen LogP contribution in [-0.2, 0) is 0 Å². The summed E-state index contributed by atoms with van der Waals surface area (Å²) in [5, 5.41) is 3.22. The maximum atomic E-state index is 3.46. The summed E-state index contributed by atoms with van der Waals surface area (Å²) < 4.78 is 0. The zero-order valence-electron chi connectivity index (χ0n) is 6.77. The van der Waals surface area contributed by atoms with Gasteiger partial charge in [0.25, 0.3) is 0 Å². The molecule has 0 aromatic carbocycles. The second-order valence-corrected chi connectivity index (χ2v) is 2.22. The highest BCUT2D eigenvalue weighted by Crippen LogP contribution is 1.90. The molecule has 0 radical (unpaired) electrons. The molecule has 0 amide bonds. The van der Waals surface area contributed by atoms with Crippen molar-refractivity contribution < 1.29 is 0 Å². The molecule has 0 aliphatic carbocycles. The van der Waals surface area contributed by atoms with Crippen molar-refractivity contribution in [2.24, 2.45) is 0 Å². The maximum Gasteiger partial charge on any atom is -0.00484 e. The summed E-state index contributed by atoms with van der Waals surface area (Å²) in [4.78, 5) is 0. The number of hydrogen-bond acceptors (Lipinski definition) is 1. The Bertz CT molecular complexity index is 83.3. The molecule has 0 unspecified atom stereocenters. The predicted molar refractivity (Wildman–Crippen MR) is 47.1 cm³/mol. The topological polar surface area (TPSA) is 12.0 Å². The molecule has 0 bridgehead atoms. The Morgan fingerprint density at radius 1 is 1.30 bits per heavy atom. The molecule has 1 aliphatic rings. The van der Waals surface area contributed by atoms with Gasteiger partial charge < -0.3 is 5.32 Å². The largest absolute Gasteiger partial charge is 0.317 e. The molecular weight excluding hydrogens is 122 g/mol. The summed E-state index contributed by atoms with van der Waals surface area (Å²) in [6.07, 6.45) is 8.35. The van der Waals surface area contributed by atoms with Gasteiger partial charge in [-0.3, -0.25) is 0 Å². The van der Waals surface area contributed by atoms with Crippen molar-refractivity contribution in [3.63, 3.8) is 0 Å². The van der Waals surface area contributed by atoms with E-state index in [-0.39, 0.29) is 0 Å². The summed E-state index contributed by atoms with van der Waals surface area (Å²) in [7, 11) is 0. The number of nitrogens with one attached hydrogen (secondary N) is 1. The second kappa shape index (κ2) is 8.44. The number of hydrogen-bond donors (Lipinski definition) is 1. The molecule has 0 aromatic rings. The highest BCUT2D eigenvalue weighted by Gasteiger charge is 1.93. The van der Waals surface area contributed by atoms with Gasteiger partial charge in [0.05, 0.1) is 0 Å². The Kier molecular flexibility index (Phi) is 7.97. The van der Waals surface area contributed by atoms with Crippen LogP contribution in [0.3, 0.4) is 0 Å². The van der Waals surface area contributed by atoms with E-state index in [1.54, 1.807) is 6.08 Å². The summed E-state index contributed by atoms with van der Waals surface area (Å²) in [5.74, 6) is 0. The molecule has 0 spiro atoms. The Hall–Kier alpha value is -0.560. The van der Waals surface area contributed by atoms with E-state index < -0.39 is 0 Å². The van der Waals surface area contributed by atoms with Crippen LogP contribution in [0.25, 0.3) is 0 Å². The van der Waals surface area contributed by atoms with Gasteiger partial charge in [-0.15, -0.1) is 0 Å². The van der Waals surface area contributed by atoms with Crippen LogP contribution in [-0.4, -0.2) is 13.1 Å². The third-order valence-corrected chi connectivity index (χ3v) is 1.29. The molecule has 0 aromatic heterocycles. The Morgan fingerprint density at radius 3 is 2.00 bits per heavy atom. The Morgan fingerprint density at radius 2 is 1.90 bits per heavy atom. The van der Waals surface area contributed by atoms with Crippen molar-refractivity contribution in [1.29, 1.82) is 0 Å². The molecule has 1 aliphatic heterocycles.